The first-order valence-corrected chi connectivity index (χ1v) is 14.4. The van der Waals surface area contributed by atoms with Gasteiger partial charge in [0, 0.05) is 31.6 Å². The molecule has 43 heavy (non-hydrogen) atoms. The van der Waals surface area contributed by atoms with Crippen molar-refractivity contribution in [3.05, 3.63) is 120 Å². The van der Waals surface area contributed by atoms with Gasteiger partial charge in [-0.2, -0.15) is 0 Å². The second-order valence-corrected chi connectivity index (χ2v) is 10.9. The molecule has 0 bridgehead atoms. The Bertz CT molecular complexity index is 1600. The molecule has 4 aromatic rings. The maximum Gasteiger partial charge on any atom is 0.411 e. The van der Waals surface area contributed by atoms with E-state index in [1.54, 1.807) is 17.0 Å². The summed E-state index contributed by atoms with van der Waals surface area (Å²) in [4.78, 5) is 39.7. The van der Waals surface area contributed by atoms with Crippen LogP contribution in [0.25, 0.3) is 11.1 Å². The second-order valence-electron chi connectivity index (χ2n) is 10.9. The molecular formula is C35H32N2O6. The lowest BCUT2D eigenvalue weighted by atomic mass is 9.82. The third-order valence-electron chi connectivity index (χ3n) is 7.91. The van der Waals surface area contributed by atoms with Crippen LogP contribution in [0, 0.1) is 0 Å². The van der Waals surface area contributed by atoms with Crippen molar-refractivity contribution >= 4 is 23.7 Å². The minimum Gasteiger partial charge on any atom is -0.486 e. The molecule has 1 N–H and O–H groups in total. The first-order chi connectivity index (χ1) is 21.0. The quantitative estimate of drug-likeness (QED) is 0.260. The van der Waals surface area contributed by atoms with Crippen molar-refractivity contribution < 1.29 is 28.6 Å². The molecule has 8 nitrogen and oxygen atoms in total. The fourth-order valence-electron chi connectivity index (χ4n) is 5.48. The highest BCUT2D eigenvalue weighted by molar-refractivity contribution is 6.01. The number of fused-ring (bicyclic) bond motifs is 1. The molecule has 0 radical (unpaired) electrons. The number of amides is 2. The lowest BCUT2D eigenvalue weighted by Crippen LogP contribution is -2.52. The molecule has 1 spiro atoms. The SMILES string of the molecule is O=C(Nc1ccc(-c2ccc3c(c2)OC2(CCN(C(=O)OCc4ccccc4)CC2)CC3=O)cc1)OCc1ccccc1. The first-order valence-electron chi connectivity index (χ1n) is 14.4. The molecule has 2 heterocycles. The first kappa shape index (κ1) is 28.0. The van der Waals surface area contributed by atoms with E-state index < -0.39 is 11.7 Å². The summed E-state index contributed by atoms with van der Waals surface area (Å²) < 4.78 is 17.3. The normalized spacial score (nSPS) is 15.3. The molecule has 0 saturated carbocycles. The lowest BCUT2D eigenvalue weighted by molar-refractivity contribution is -0.00982. The number of rotatable bonds is 6. The number of anilines is 1. The molecule has 0 aromatic heterocycles. The van der Waals surface area contributed by atoms with Gasteiger partial charge in [-0.25, -0.2) is 9.59 Å². The fraction of sp³-hybridized carbons (Fsp3) is 0.229. The maximum atomic E-state index is 13.1. The third-order valence-corrected chi connectivity index (χ3v) is 7.91. The standard InChI is InChI=1S/C35H32N2O6/c38-31-22-35(17-19-37(20-18-35)34(40)42-24-26-9-5-2-6-10-26)43-32-21-28(13-16-30(31)32)27-11-14-29(15-12-27)36-33(39)41-23-25-7-3-1-4-8-25/h1-16,21H,17-20,22-24H2,(H,36,39). The highest BCUT2D eigenvalue weighted by Crippen LogP contribution is 2.41. The van der Waals surface area contributed by atoms with Crippen LogP contribution in [0.4, 0.5) is 15.3 Å². The summed E-state index contributed by atoms with van der Waals surface area (Å²) in [5.41, 5.74) is 4.19. The molecule has 2 aliphatic heterocycles. The molecule has 0 atom stereocenters. The number of ketones is 1. The summed E-state index contributed by atoms with van der Waals surface area (Å²) in [6.07, 6.45) is 0.490. The molecule has 6 rings (SSSR count). The third kappa shape index (κ3) is 6.70. The number of ether oxygens (including phenoxy) is 3. The average molecular weight is 577 g/mol. The molecule has 4 aromatic carbocycles. The lowest BCUT2D eigenvalue weighted by Gasteiger charge is -2.43. The van der Waals surface area contributed by atoms with E-state index in [1.165, 1.54) is 0 Å². The predicted octanol–water partition coefficient (Wildman–Crippen LogP) is 7.24. The Morgan fingerprint density at radius 3 is 2.02 bits per heavy atom. The van der Waals surface area contributed by atoms with Gasteiger partial charge in [0.15, 0.2) is 5.78 Å². The number of nitrogens with zero attached hydrogens (tertiary/aromatic N) is 1. The number of hydrogen-bond acceptors (Lipinski definition) is 6. The van der Waals surface area contributed by atoms with Crippen molar-refractivity contribution in [3.63, 3.8) is 0 Å². The van der Waals surface area contributed by atoms with E-state index in [2.05, 4.69) is 5.32 Å². The minimum absolute atomic E-state index is 0.0430. The molecule has 2 amide bonds. The molecule has 218 valence electrons. The van der Waals surface area contributed by atoms with Crippen LogP contribution in [0.3, 0.4) is 0 Å². The van der Waals surface area contributed by atoms with E-state index in [9.17, 15) is 14.4 Å². The van der Waals surface area contributed by atoms with Gasteiger partial charge in [0.25, 0.3) is 0 Å². The summed E-state index contributed by atoms with van der Waals surface area (Å²) in [5, 5.41) is 2.75. The van der Waals surface area contributed by atoms with E-state index in [4.69, 9.17) is 14.2 Å². The molecule has 0 unspecified atom stereocenters. The molecule has 0 aliphatic carbocycles. The number of likely N-dealkylation sites (tertiary alicyclic amines) is 1. The molecule has 1 saturated heterocycles. The van der Waals surface area contributed by atoms with Gasteiger partial charge in [0.05, 0.1) is 12.0 Å². The van der Waals surface area contributed by atoms with Crippen LogP contribution in [-0.4, -0.2) is 41.6 Å². The Balaban J connectivity index is 1.06. The molecule has 1 fully saturated rings. The van der Waals surface area contributed by atoms with Crippen molar-refractivity contribution in [2.45, 2.75) is 38.1 Å². The largest absolute Gasteiger partial charge is 0.486 e. The van der Waals surface area contributed by atoms with Crippen molar-refractivity contribution in [2.24, 2.45) is 0 Å². The second kappa shape index (κ2) is 12.4. The number of benzene rings is 4. The van der Waals surface area contributed by atoms with E-state index in [-0.39, 0.29) is 31.5 Å². The number of nitrogens with one attached hydrogen (secondary N) is 1. The van der Waals surface area contributed by atoms with E-state index in [0.29, 0.717) is 42.9 Å². The van der Waals surface area contributed by atoms with Gasteiger partial charge < -0.3 is 19.1 Å². The van der Waals surface area contributed by atoms with E-state index >= 15 is 0 Å². The summed E-state index contributed by atoms with van der Waals surface area (Å²) in [6, 6.07) is 32.1. The molecular weight excluding hydrogens is 544 g/mol. The zero-order valence-corrected chi connectivity index (χ0v) is 23.7. The van der Waals surface area contributed by atoms with Crippen molar-refractivity contribution in [3.8, 4) is 16.9 Å². The molecule has 2 aliphatic rings. The highest BCUT2D eigenvalue weighted by atomic mass is 16.6. The average Bonchev–Trinajstić information content (AvgIpc) is 3.04. The van der Waals surface area contributed by atoms with Gasteiger partial charge in [0.1, 0.15) is 24.6 Å². The fourth-order valence-corrected chi connectivity index (χ4v) is 5.48. The van der Waals surface area contributed by atoms with Crippen LogP contribution in [-0.2, 0) is 22.7 Å². The summed E-state index contributed by atoms with van der Waals surface area (Å²) in [7, 11) is 0. The van der Waals surface area contributed by atoms with Crippen molar-refractivity contribution in [1.29, 1.82) is 0 Å². The smallest absolute Gasteiger partial charge is 0.411 e. The summed E-state index contributed by atoms with van der Waals surface area (Å²) in [5.74, 6) is 0.599. The van der Waals surface area contributed by atoms with Crippen LogP contribution in [0.1, 0.15) is 40.7 Å². The monoisotopic (exact) mass is 576 g/mol. The van der Waals surface area contributed by atoms with Gasteiger partial charge >= 0.3 is 12.2 Å². The predicted molar refractivity (Wildman–Crippen MR) is 162 cm³/mol. The van der Waals surface area contributed by atoms with Crippen LogP contribution in [0.15, 0.2) is 103 Å². The summed E-state index contributed by atoms with van der Waals surface area (Å²) >= 11 is 0. The Hall–Kier alpha value is -5.11. The van der Waals surface area contributed by atoms with E-state index in [0.717, 1.165) is 22.3 Å². The van der Waals surface area contributed by atoms with Gasteiger partial charge in [-0.05, 0) is 46.5 Å². The van der Waals surface area contributed by atoms with Crippen LogP contribution in [0.2, 0.25) is 0 Å². The Labute approximate surface area is 250 Å². The number of hydrogen-bond donors (Lipinski definition) is 1. The highest BCUT2D eigenvalue weighted by Gasteiger charge is 2.44. The Morgan fingerprint density at radius 1 is 0.767 bits per heavy atom. The molecule has 8 heteroatoms. The number of piperidine rings is 1. The van der Waals surface area contributed by atoms with Crippen molar-refractivity contribution in [1.82, 2.24) is 4.90 Å². The topological polar surface area (TPSA) is 94.2 Å². The number of carbonyl (C=O) groups excluding carboxylic acids is 3. The Morgan fingerprint density at radius 2 is 1.37 bits per heavy atom. The Kier molecular flexibility index (Phi) is 8.09. The van der Waals surface area contributed by atoms with Gasteiger partial charge in [0.2, 0.25) is 0 Å². The van der Waals surface area contributed by atoms with Crippen LogP contribution < -0.4 is 10.1 Å². The minimum atomic E-state index is -0.646. The number of Topliss-reactive ketones (excluding diaryl/α,β-unsaturated/α-hetero) is 1. The summed E-state index contributed by atoms with van der Waals surface area (Å²) in [6.45, 7) is 1.33. The number of carbonyl (C=O) groups is 3. The zero-order valence-electron chi connectivity index (χ0n) is 23.7. The van der Waals surface area contributed by atoms with Crippen LogP contribution >= 0.6 is 0 Å². The van der Waals surface area contributed by atoms with Gasteiger partial charge in [-0.3, -0.25) is 10.1 Å². The van der Waals surface area contributed by atoms with E-state index in [1.807, 2.05) is 91.0 Å². The van der Waals surface area contributed by atoms with Crippen molar-refractivity contribution in [2.75, 3.05) is 18.4 Å². The maximum absolute atomic E-state index is 13.1. The van der Waals surface area contributed by atoms with Crippen LogP contribution in [0.5, 0.6) is 5.75 Å². The van der Waals surface area contributed by atoms with Gasteiger partial charge in [-0.15, -0.1) is 0 Å². The zero-order chi connectivity index (χ0) is 29.6. The van der Waals surface area contributed by atoms with Gasteiger partial charge in [-0.1, -0.05) is 78.9 Å².